The Hall–Kier alpha value is -1.71. The molecule has 0 spiro atoms. The summed E-state index contributed by atoms with van der Waals surface area (Å²) in [6.07, 6.45) is 0. The van der Waals surface area contributed by atoms with Crippen LogP contribution in [0.25, 0.3) is 0 Å². The molecule has 0 unspecified atom stereocenters. The van der Waals surface area contributed by atoms with Gasteiger partial charge in [-0.3, -0.25) is 0 Å². The number of ether oxygens (including phenoxy) is 2. The summed E-state index contributed by atoms with van der Waals surface area (Å²) in [4.78, 5) is 0. The summed E-state index contributed by atoms with van der Waals surface area (Å²) in [5.74, 6) is 1.25. The van der Waals surface area contributed by atoms with Gasteiger partial charge in [-0.2, -0.15) is 0 Å². The van der Waals surface area contributed by atoms with Crippen LogP contribution < -0.4 is 9.47 Å². The fourth-order valence-corrected chi connectivity index (χ4v) is 1.81. The average molecular weight is 279 g/mol. The minimum atomic E-state index is -0.0289. The molecule has 3 nitrogen and oxygen atoms in total. The average Bonchev–Trinajstić information content (AvgIpc) is 2.45. The molecule has 0 heterocycles. The van der Waals surface area contributed by atoms with Crippen LogP contribution in [0.15, 0.2) is 48.5 Å². The van der Waals surface area contributed by atoms with Crippen molar-refractivity contribution in [3.8, 4) is 11.5 Å². The number of hydrogen-bond acceptors (Lipinski definition) is 3. The summed E-state index contributed by atoms with van der Waals surface area (Å²) >= 11 is 6.07. The van der Waals surface area contributed by atoms with Gasteiger partial charge in [0, 0.05) is 10.6 Å². The minimum Gasteiger partial charge on any atom is -0.487 e. The van der Waals surface area contributed by atoms with Crippen molar-refractivity contribution in [1.29, 1.82) is 0 Å². The summed E-state index contributed by atoms with van der Waals surface area (Å²) in [5.41, 5.74) is 0.918. The Morgan fingerprint density at radius 2 is 1.53 bits per heavy atom. The Kier molecular flexibility index (Phi) is 5.07. The second-order valence-corrected chi connectivity index (χ2v) is 4.31. The molecule has 0 atom stereocenters. The minimum absolute atomic E-state index is 0.0289. The first kappa shape index (κ1) is 13.7. The van der Waals surface area contributed by atoms with E-state index in [-0.39, 0.29) is 13.2 Å². The molecule has 0 aromatic heterocycles. The molecule has 0 aliphatic rings. The maximum absolute atomic E-state index is 8.78. The molecular weight excluding hydrogens is 264 g/mol. The highest BCUT2D eigenvalue weighted by atomic mass is 35.5. The summed E-state index contributed by atoms with van der Waals surface area (Å²) in [6, 6.07) is 14.9. The topological polar surface area (TPSA) is 38.7 Å². The van der Waals surface area contributed by atoms with Crippen LogP contribution in [0.1, 0.15) is 5.56 Å². The predicted molar refractivity (Wildman–Crippen MR) is 74.8 cm³/mol. The summed E-state index contributed by atoms with van der Waals surface area (Å²) < 4.78 is 11.1. The van der Waals surface area contributed by atoms with Crippen molar-refractivity contribution in [2.24, 2.45) is 0 Å². The maximum Gasteiger partial charge on any atom is 0.161 e. The molecule has 19 heavy (non-hydrogen) atoms. The molecule has 2 rings (SSSR count). The van der Waals surface area contributed by atoms with Gasteiger partial charge in [0.25, 0.3) is 0 Å². The van der Waals surface area contributed by atoms with Gasteiger partial charge in [0.2, 0.25) is 0 Å². The van der Waals surface area contributed by atoms with E-state index in [0.717, 1.165) is 5.56 Å². The SMILES string of the molecule is OCCOc1ccccc1OCc1ccccc1Cl. The van der Waals surface area contributed by atoms with E-state index in [9.17, 15) is 0 Å². The van der Waals surface area contributed by atoms with Crippen LogP contribution in [-0.4, -0.2) is 18.3 Å². The third-order valence-electron chi connectivity index (χ3n) is 2.54. The number of halogens is 1. The van der Waals surface area contributed by atoms with Crippen molar-refractivity contribution in [1.82, 2.24) is 0 Å². The van der Waals surface area contributed by atoms with Crippen LogP contribution in [0.3, 0.4) is 0 Å². The normalized spacial score (nSPS) is 10.2. The van der Waals surface area contributed by atoms with Crippen molar-refractivity contribution >= 4 is 11.6 Å². The molecule has 100 valence electrons. The Bertz CT molecular complexity index is 528. The van der Waals surface area contributed by atoms with E-state index in [0.29, 0.717) is 23.1 Å². The summed E-state index contributed by atoms with van der Waals surface area (Å²) in [5, 5.41) is 9.46. The van der Waals surface area contributed by atoms with Crippen LogP contribution in [0.4, 0.5) is 0 Å². The molecule has 0 amide bonds. The van der Waals surface area contributed by atoms with Crippen LogP contribution in [-0.2, 0) is 6.61 Å². The molecule has 4 heteroatoms. The van der Waals surface area contributed by atoms with Gasteiger partial charge in [-0.25, -0.2) is 0 Å². The lowest BCUT2D eigenvalue weighted by molar-refractivity contribution is 0.192. The standard InChI is InChI=1S/C15H15ClO3/c16-13-6-2-1-5-12(13)11-19-15-8-4-3-7-14(15)18-10-9-17/h1-8,17H,9-11H2. The van der Waals surface area contributed by atoms with Crippen molar-refractivity contribution in [2.45, 2.75) is 6.61 Å². The van der Waals surface area contributed by atoms with E-state index in [4.69, 9.17) is 26.2 Å². The molecule has 0 radical (unpaired) electrons. The monoisotopic (exact) mass is 278 g/mol. The van der Waals surface area contributed by atoms with E-state index >= 15 is 0 Å². The number of rotatable bonds is 6. The largest absolute Gasteiger partial charge is 0.487 e. The zero-order valence-corrected chi connectivity index (χ0v) is 11.1. The highest BCUT2D eigenvalue weighted by molar-refractivity contribution is 6.31. The summed E-state index contributed by atoms with van der Waals surface area (Å²) in [6.45, 7) is 0.588. The number of hydrogen-bond donors (Lipinski definition) is 1. The second kappa shape index (κ2) is 7.02. The van der Waals surface area contributed by atoms with E-state index in [1.807, 2.05) is 42.5 Å². The van der Waals surface area contributed by atoms with Gasteiger partial charge in [0.05, 0.1) is 6.61 Å². The highest BCUT2D eigenvalue weighted by Gasteiger charge is 2.05. The Morgan fingerprint density at radius 1 is 0.895 bits per heavy atom. The molecule has 0 fully saturated rings. The van der Waals surface area contributed by atoms with Crippen LogP contribution in [0, 0.1) is 0 Å². The molecule has 2 aromatic rings. The van der Waals surface area contributed by atoms with Crippen molar-refractivity contribution in [2.75, 3.05) is 13.2 Å². The fraction of sp³-hybridized carbons (Fsp3) is 0.200. The second-order valence-electron chi connectivity index (χ2n) is 3.90. The molecule has 0 saturated carbocycles. The van der Waals surface area contributed by atoms with Gasteiger partial charge in [0.15, 0.2) is 11.5 Å². The quantitative estimate of drug-likeness (QED) is 0.881. The zero-order chi connectivity index (χ0) is 13.5. The molecule has 1 N–H and O–H groups in total. The molecule has 0 aliphatic carbocycles. The van der Waals surface area contributed by atoms with Gasteiger partial charge >= 0.3 is 0 Å². The lowest BCUT2D eigenvalue weighted by Crippen LogP contribution is -2.04. The van der Waals surface area contributed by atoms with E-state index in [1.54, 1.807) is 6.07 Å². The van der Waals surface area contributed by atoms with E-state index < -0.39 is 0 Å². The van der Waals surface area contributed by atoms with Crippen LogP contribution >= 0.6 is 11.6 Å². The number of aliphatic hydroxyl groups excluding tert-OH is 1. The molecule has 0 aliphatic heterocycles. The van der Waals surface area contributed by atoms with Gasteiger partial charge in [-0.1, -0.05) is 41.9 Å². The Labute approximate surface area is 117 Å². The molecule has 2 aromatic carbocycles. The summed E-state index contributed by atoms with van der Waals surface area (Å²) in [7, 11) is 0. The Morgan fingerprint density at radius 3 is 2.21 bits per heavy atom. The third kappa shape index (κ3) is 3.88. The first-order valence-corrected chi connectivity index (χ1v) is 6.38. The van der Waals surface area contributed by atoms with Crippen LogP contribution in [0.2, 0.25) is 5.02 Å². The van der Waals surface area contributed by atoms with Crippen LogP contribution in [0.5, 0.6) is 11.5 Å². The third-order valence-corrected chi connectivity index (χ3v) is 2.91. The molecular formula is C15H15ClO3. The lowest BCUT2D eigenvalue weighted by atomic mass is 10.2. The molecule has 0 bridgehead atoms. The smallest absolute Gasteiger partial charge is 0.161 e. The van der Waals surface area contributed by atoms with Crippen molar-refractivity contribution in [3.05, 3.63) is 59.1 Å². The number of para-hydroxylation sites is 2. The first-order chi connectivity index (χ1) is 9.31. The van der Waals surface area contributed by atoms with Gasteiger partial charge in [0.1, 0.15) is 13.2 Å². The lowest BCUT2D eigenvalue weighted by Gasteiger charge is -2.12. The molecule has 0 saturated heterocycles. The van der Waals surface area contributed by atoms with Gasteiger partial charge in [-0.15, -0.1) is 0 Å². The van der Waals surface area contributed by atoms with Crippen molar-refractivity contribution in [3.63, 3.8) is 0 Å². The first-order valence-electron chi connectivity index (χ1n) is 6.00. The van der Waals surface area contributed by atoms with Gasteiger partial charge in [-0.05, 0) is 18.2 Å². The van der Waals surface area contributed by atoms with E-state index in [2.05, 4.69) is 0 Å². The number of benzene rings is 2. The van der Waals surface area contributed by atoms with Gasteiger partial charge < -0.3 is 14.6 Å². The van der Waals surface area contributed by atoms with E-state index in [1.165, 1.54) is 0 Å². The fourth-order valence-electron chi connectivity index (χ4n) is 1.62. The maximum atomic E-state index is 8.78. The number of aliphatic hydroxyl groups is 1. The zero-order valence-electron chi connectivity index (χ0n) is 10.4. The Balaban J connectivity index is 2.05. The highest BCUT2D eigenvalue weighted by Crippen LogP contribution is 2.28. The van der Waals surface area contributed by atoms with Crippen molar-refractivity contribution < 1.29 is 14.6 Å². The predicted octanol–water partition coefficient (Wildman–Crippen LogP) is 3.29.